The van der Waals surface area contributed by atoms with Crippen molar-refractivity contribution in [2.24, 2.45) is 5.73 Å². The minimum atomic E-state index is -4.02. The maximum atomic E-state index is 12.7. The van der Waals surface area contributed by atoms with Gasteiger partial charge in [0.1, 0.15) is 6.04 Å². The van der Waals surface area contributed by atoms with Gasteiger partial charge in [-0.3, -0.25) is 9.59 Å². The molecule has 9 heteroatoms. The van der Waals surface area contributed by atoms with Gasteiger partial charge in [-0.1, -0.05) is 15.9 Å². The van der Waals surface area contributed by atoms with Crippen LogP contribution in [0, 0.1) is 0 Å². The molecule has 0 aliphatic carbocycles. The second-order valence-electron chi connectivity index (χ2n) is 5.01. The maximum absolute atomic E-state index is 12.7. The van der Waals surface area contributed by atoms with Crippen LogP contribution >= 0.6 is 15.9 Å². The molecule has 1 aromatic carbocycles. The van der Waals surface area contributed by atoms with Crippen LogP contribution in [-0.2, 0) is 14.8 Å². The van der Waals surface area contributed by atoms with Gasteiger partial charge in [0.25, 0.3) is 0 Å². The summed E-state index contributed by atoms with van der Waals surface area (Å²) in [6, 6.07) is 2.81. The molecule has 1 unspecified atom stereocenters. The Bertz CT molecular complexity index is 719. The van der Waals surface area contributed by atoms with Gasteiger partial charge in [0, 0.05) is 16.6 Å². The molecule has 1 aromatic rings. The zero-order valence-corrected chi connectivity index (χ0v) is 13.9. The Morgan fingerprint density at radius 1 is 1.27 bits per heavy atom. The average molecular weight is 391 g/mol. The molecule has 1 aliphatic rings. The second kappa shape index (κ2) is 6.35. The molecule has 3 N–H and O–H groups in total. The van der Waals surface area contributed by atoms with Crippen LogP contribution in [0.4, 0.5) is 0 Å². The summed E-state index contributed by atoms with van der Waals surface area (Å²) in [5, 5.41) is 9.23. The van der Waals surface area contributed by atoms with Crippen LogP contribution in [-0.4, -0.2) is 42.3 Å². The normalized spacial score (nSPS) is 19.8. The van der Waals surface area contributed by atoms with Gasteiger partial charge >= 0.3 is 5.97 Å². The Morgan fingerprint density at radius 2 is 1.95 bits per heavy atom. The molecular formula is C13H15BrN2O5S. The number of carbonyl (C=O) groups excluding carboxylic acids is 1. The van der Waals surface area contributed by atoms with Crippen molar-refractivity contribution in [2.45, 2.75) is 30.2 Å². The minimum absolute atomic E-state index is 0.0387. The quantitative estimate of drug-likeness (QED) is 0.799. The number of carboxylic acids is 1. The van der Waals surface area contributed by atoms with Crippen molar-refractivity contribution >= 4 is 37.8 Å². The third-order valence-corrected chi connectivity index (χ3v) is 5.84. The fourth-order valence-electron chi connectivity index (χ4n) is 2.43. The number of piperidine rings is 1. The zero-order valence-electron chi connectivity index (χ0n) is 11.5. The van der Waals surface area contributed by atoms with E-state index in [-0.39, 0.29) is 23.4 Å². The highest BCUT2D eigenvalue weighted by Gasteiger charge is 2.37. The van der Waals surface area contributed by atoms with Gasteiger partial charge in [-0.15, -0.1) is 0 Å². The molecule has 0 saturated carbocycles. The Hall–Kier alpha value is -1.45. The first-order chi connectivity index (χ1) is 10.2. The van der Waals surface area contributed by atoms with E-state index >= 15 is 0 Å². The highest BCUT2D eigenvalue weighted by atomic mass is 79.9. The summed E-state index contributed by atoms with van der Waals surface area (Å²) in [5.74, 6) is -1.93. The van der Waals surface area contributed by atoms with E-state index in [0.717, 1.165) is 10.4 Å². The lowest BCUT2D eigenvalue weighted by atomic mass is 10.1. The first kappa shape index (κ1) is 16.9. The van der Waals surface area contributed by atoms with E-state index in [9.17, 15) is 23.1 Å². The van der Waals surface area contributed by atoms with Gasteiger partial charge in [0.15, 0.2) is 0 Å². The third kappa shape index (κ3) is 3.31. The van der Waals surface area contributed by atoms with Gasteiger partial charge in [-0.05, 0) is 37.5 Å². The van der Waals surface area contributed by atoms with E-state index < -0.39 is 27.9 Å². The van der Waals surface area contributed by atoms with E-state index in [0.29, 0.717) is 17.3 Å². The lowest BCUT2D eigenvalue weighted by Crippen LogP contribution is -2.47. The summed E-state index contributed by atoms with van der Waals surface area (Å²) in [5.41, 5.74) is 5.23. The molecule has 0 spiro atoms. The fraction of sp³-hybridized carbons (Fsp3) is 0.385. The number of nitrogens with two attached hydrogens (primary N) is 1. The minimum Gasteiger partial charge on any atom is -0.480 e. The van der Waals surface area contributed by atoms with E-state index in [1.54, 1.807) is 0 Å². The monoisotopic (exact) mass is 390 g/mol. The number of carbonyl (C=O) groups is 2. The molecule has 2 rings (SSSR count). The van der Waals surface area contributed by atoms with Gasteiger partial charge in [0.05, 0.1) is 4.90 Å². The summed E-state index contributed by atoms with van der Waals surface area (Å²) in [7, 11) is -4.02. The highest BCUT2D eigenvalue weighted by Crippen LogP contribution is 2.28. The van der Waals surface area contributed by atoms with Crippen molar-refractivity contribution in [3.63, 3.8) is 0 Å². The molecule has 22 heavy (non-hydrogen) atoms. The summed E-state index contributed by atoms with van der Waals surface area (Å²) < 4.78 is 26.8. The van der Waals surface area contributed by atoms with Gasteiger partial charge in [-0.25, -0.2) is 8.42 Å². The topological polar surface area (TPSA) is 118 Å². The Morgan fingerprint density at radius 3 is 2.55 bits per heavy atom. The van der Waals surface area contributed by atoms with Crippen molar-refractivity contribution in [1.29, 1.82) is 0 Å². The van der Waals surface area contributed by atoms with Crippen LogP contribution in [0.15, 0.2) is 27.6 Å². The largest absolute Gasteiger partial charge is 0.480 e. The van der Waals surface area contributed by atoms with Crippen LogP contribution in [0.5, 0.6) is 0 Å². The number of benzene rings is 1. The standard InChI is InChI=1S/C13H15BrN2O5S/c14-9-5-8(12(15)17)6-10(7-9)22(20,21)16-4-2-1-3-11(16)13(18)19/h5-7,11H,1-4H2,(H2,15,17)(H,18,19). The predicted molar refractivity (Wildman–Crippen MR) is 81.8 cm³/mol. The van der Waals surface area contributed by atoms with Crippen LogP contribution in [0.1, 0.15) is 29.6 Å². The first-order valence-corrected chi connectivity index (χ1v) is 8.82. The van der Waals surface area contributed by atoms with E-state index in [2.05, 4.69) is 15.9 Å². The molecule has 1 aliphatic heterocycles. The van der Waals surface area contributed by atoms with Crippen molar-refractivity contribution in [3.05, 3.63) is 28.2 Å². The summed E-state index contributed by atoms with van der Waals surface area (Å²) in [4.78, 5) is 22.4. The molecule has 0 aromatic heterocycles. The van der Waals surface area contributed by atoms with Gasteiger partial charge in [-0.2, -0.15) is 4.31 Å². The number of hydrogen-bond acceptors (Lipinski definition) is 4. The van der Waals surface area contributed by atoms with Crippen molar-refractivity contribution in [2.75, 3.05) is 6.54 Å². The smallest absolute Gasteiger partial charge is 0.322 e. The van der Waals surface area contributed by atoms with Gasteiger partial charge < -0.3 is 10.8 Å². The number of sulfonamides is 1. The van der Waals surface area contributed by atoms with Crippen LogP contribution < -0.4 is 5.73 Å². The summed E-state index contributed by atoms with van der Waals surface area (Å²) in [6.45, 7) is 0.137. The average Bonchev–Trinajstić information content (AvgIpc) is 2.46. The van der Waals surface area contributed by atoms with E-state index in [1.165, 1.54) is 12.1 Å². The molecule has 1 fully saturated rings. The number of halogens is 1. The van der Waals surface area contributed by atoms with Crippen molar-refractivity contribution < 1.29 is 23.1 Å². The molecule has 1 saturated heterocycles. The third-order valence-electron chi connectivity index (χ3n) is 3.50. The lowest BCUT2D eigenvalue weighted by molar-refractivity contribution is -0.142. The molecule has 7 nitrogen and oxygen atoms in total. The number of nitrogens with zero attached hydrogens (tertiary/aromatic N) is 1. The van der Waals surface area contributed by atoms with E-state index in [4.69, 9.17) is 5.73 Å². The predicted octanol–water partition coefficient (Wildman–Crippen LogP) is 1.18. The number of hydrogen-bond donors (Lipinski definition) is 2. The van der Waals surface area contributed by atoms with Gasteiger partial charge in [0.2, 0.25) is 15.9 Å². The number of carboxylic acid groups (broad SMARTS) is 1. The number of primary amides is 1. The molecule has 0 bridgehead atoms. The summed E-state index contributed by atoms with van der Waals surface area (Å²) >= 11 is 3.13. The molecule has 120 valence electrons. The number of amides is 1. The lowest BCUT2D eigenvalue weighted by Gasteiger charge is -2.31. The SMILES string of the molecule is NC(=O)c1cc(Br)cc(S(=O)(=O)N2CCCCC2C(=O)O)c1. The Kier molecular flexibility index (Phi) is 4.88. The Labute approximate surface area is 136 Å². The maximum Gasteiger partial charge on any atom is 0.322 e. The van der Waals surface area contributed by atoms with Crippen LogP contribution in [0.2, 0.25) is 0 Å². The first-order valence-electron chi connectivity index (χ1n) is 6.58. The van der Waals surface area contributed by atoms with Crippen LogP contribution in [0.25, 0.3) is 0 Å². The second-order valence-corrected chi connectivity index (χ2v) is 7.81. The zero-order chi connectivity index (χ0) is 16.5. The molecule has 0 radical (unpaired) electrons. The Balaban J connectivity index is 2.49. The fourth-order valence-corrected chi connectivity index (χ4v) is 4.80. The van der Waals surface area contributed by atoms with Crippen molar-refractivity contribution in [1.82, 2.24) is 4.31 Å². The molecular weight excluding hydrogens is 376 g/mol. The molecule has 1 amide bonds. The summed E-state index contributed by atoms with van der Waals surface area (Å²) in [6.07, 6.45) is 1.53. The van der Waals surface area contributed by atoms with Crippen molar-refractivity contribution in [3.8, 4) is 0 Å². The highest BCUT2D eigenvalue weighted by molar-refractivity contribution is 9.10. The molecule has 1 atom stereocenters. The number of aliphatic carboxylic acids is 1. The number of rotatable bonds is 4. The molecule has 1 heterocycles. The van der Waals surface area contributed by atoms with Crippen LogP contribution in [0.3, 0.4) is 0 Å². The van der Waals surface area contributed by atoms with E-state index in [1.807, 2.05) is 0 Å².